The van der Waals surface area contributed by atoms with Crippen LogP contribution in [0.15, 0.2) is 42.7 Å². The lowest BCUT2D eigenvalue weighted by Crippen LogP contribution is -1.91. The Morgan fingerprint density at radius 1 is 1.17 bits per heavy atom. The van der Waals surface area contributed by atoms with E-state index in [9.17, 15) is 0 Å². The lowest BCUT2D eigenvalue weighted by atomic mass is 10.1. The maximum atomic E-state index is 5.07. The Bertz CT molecular complexity index is 777. The first-order chi connectivity index (χ1) is 8.74. The van der Waals surface area contributed by atoms with Gasteiger partial charge in [0.25, 0.3) is 0 Å². The van der Waals surface area contributed by atoms with Crippen molar-refractivity contribution in [2.75, 3.05) is 0 Å². The topological polar surface area (TPSA) is 41.6 Å². The normalized spacial score (nSPS) is 10.7. The van der Waals surface area contributed by atoms with Crippen molar-refractivity contribution in [3.63, 3.8) is 0 Å². The average molecular weight is 253 g/mol. The molecule has 0 atom stereocenters. The highest BCUT2D eigenvalue weighted by Crippen LogP contribution is 2.23. The molecule has 1 aromatic carbocycles. The molecule has 0 radical (unpaired) electrons. The van der Waals surface area contributed by atoms with Crippen LogP contribution >= 0.6 is 12.2 Å². The van der Waals surface area contributed by atoms with E-state index in [4.69, 9.17) is 12.2 Å². The quantitative estimate of drug-likeness (QED) is 0.673. The van der Waals surface area contributed by atoms with E-state index < -0.39 is 0 Å². The summed E-state index contributed by atoms with van der Waals surface area (Å²) in [5.41, 5.74) is 4.12. The van der Waals surface area contributed by atoms with E-state index in [1.54, 1.807) is 12.4 Å². The second-order valence-electron chi connectivity index (χ2n) is 4.16. The summed E-state index contributed by atoms with van der Waals surface area (Å²) in [7, 11) is 0. The van der Waals surface area contributed by atoms with E-state index in [0.717, 1.165) is 27.7 Å². The van der Waals surface area contributed by atoms with E-state index in [1.165, 1.54) is 0 Å². The summed E-state index contributed by atoms with van der Waals surface area (Å²) in [6.07, 6.45) is 3.59. The molecule has 3 aromatic rings. The number of fused-ring (bicyclic) bond motifs is 1. The molecular weight excluding hydrogens is 242 g/mol. The van der Waals surface area contributed by atoms with Crippen LogP contribution < -0.4 is 0 Å². The standard InChI is InChI=1S/C14H11N3S/c1-9-8-16-14(18)17-13(9)11-5-4-10-3-2-6-15-12(10)7-11/h2-8H,1H3,(H,16,17,18). The summed E-state index contributed by atoms with van der Waals surface area (Å²) in [6.45, 7) is 2.01. The maximum absolute atomic E-state index is 5.07. The molecule has 0 aliphatic heterocycles. The number of H-pyrrole nitrogens is 1. The average Bonchev–Trinajstić information content (AvgIpc) is 2.41. The zero-order chi connectivity index (χ0) is 12.5. The zero-order valence-electron chi connectivity index (χ0n) is 9.84. The summed E-state index contributed by atoms with van der Waals surface area (Å²) in [5, 5.41) is 1.13. The second kappa shape index (κ2) is 4.31. The van der Waals surface area contributed by atoms with Gasteiger partial charge in [0.05, 0.1) is 11.2 Å². The number of aromatic nitrogens is 3. The zero-order valence-corrected chi connectivity index (χ0v) is 10.7. The minimum atomic E-state index is 0.497. The van der Waals surface area contributed by atoms with Crippen molar-refractivity contribution in [3.05, 3.63) is 53.1 Å². The van der Waals surface area contributed by atoms with Crippen molar-refractivity contribution in [2.45, 2.75) is 6.92 Å². The van der Waals surface area contributed by atoms with Gasteiger partial charge >= 0.3 is 0 Å². The number of nitrogens with zero attached hydrogens (tertiary/aromatic N) is 2. The lowest BCUT2D eigenvalue weighted by molar-refractivity contribution is 1.11. The highest BCUT2D eigenvalue weighted by molar-refractivity contribution is 7.71. The number of aromatic amines is 1. The van der Waals surface area contributed by atoms with Crippen LogP contribution in [-0.2, 0) is 0 Å². The van der Waals surface area contributed by atoms with Gasteiger partial charge in [-0.3, -0.25) is 4.98 Å². The van der Waals surface area contributed by atoms with Gasteiger partial charge in [0.2, 0.25) is 0 Å². The minimum absolute atomic E-state index is 0.497. The van der Waals surface area contributed by atoms with E-state index >= 15 is 0 Å². The highest BCUT2D eigenvalue weighted by Gasteiger charge is 2.04. The number of rotatable bonds is 1. The van der Waals surface area contributed by atoms with Gasteiger partial charge in [-0.1, -0.05) is 18.2 Å². The van der Waals surface area contributed by atoms with Crippen LogP contribution in [0, 0.1) is 11.7 Å². The molecule has 0 saturated heterocycles. The number of pyridine rings is 1. The van der Waals surface area contributed by atoms with Crippen molar-refractivity contribution in [3.8, 4) is 11.3 Å². The Labute approximate surface area is 110 Å². The molecule has 3 nitrogen and oxygen atoms in total. The first-order valence-corrected chi connectivity index (χ1v) is 6.06. The minimum Gasteiger partial charge on any atom is -0.330 e. The van der Waals surface area contributed by atoms with Gasteiger partial charge < -0.3 is 4.98 Å². The predicted octanol–water partition coefficient (Wildman–Crippen LogP) is 3.66. The Balaban J connectivity index is 2.25. The Morgan fingerprint density at radius 2 is 2.06 bits per heavy atom. The molecule has 3 rings (SSSR count). The molecule has 0 aliphatic carbocycles. The number of hydrogen-bond acceptors (Lipinski definition) is 3. The van der Waals surface area contributed by atoms with Crippen LogP contribution in [0.2, 0.25) is 0 Å². The van der Waals surface area contributed by atoms with Crippen LogP contribution in [0.5, 0.6) is 0 Å². The van der Waals surface area contributed by atoms with Gasteiger partial charge in [-0.15, -0.1) is 0 Å². The molecule has 88 valence electrons. The number of benzene rings is 1. The molecule has 0 aliphatic rings. The first kappa shape index (κ1) is 11.0. The predicted molar refractivity (Wildman–Crippen MR) is 74.9 cm³/mol. The van der Waals surface area contributed by atoms with Gasteiger partial charge in [-0.05, 0) is 36.8 Å². The molecule has 0 saturated carbocycles. The van der Waals surface area contributed by atoms with Crippen LogP contribution in [0.3, 0.4) is 0 Å². The summed E-state index contributed by atoms with van der Waals surface area (Å²) in [6, 6.07) is 10.2. The van der Waals surface area contributed by atoms with Crippen molar-refractivity contribution in [1.29, 1.82) is 0 Å². The maximum Gasteiger partial charge on any atom is 0.197 e. The highest BCUT2D eigenvalue weighted by atomic mass is 32.1. The SMILES string of the molecule is Cc1cnc(=S)[nH]c1-c1ccc2cccnc2c1. The van der Waals surface area contributed by atoms with Crippen LogP contribution in [0.1, 0.15) is 5.56 Å². The van der Waals surface area contributed by atoms with E-state index in [0.29, 0.717) is 4.77 Å². The molecule has 2 aromatic heterocycles. The summed E-state index contributed by atoms with van der Waals surface area (Å²) in [5.74, 6) is 0. The molecule has 2 heterocycles. The molecule has 4 heteroatoms. The first-order valence-electron chi connectivity index (χ1n) is 5.65. The molecule has 0 amide bonds. The van der Waals surface area contributed by atoms with Gasteiger partial charge in [0, 0.05) is 23.3 Å². The summed E-state index contributed by atoms with van der Waals surface area (Å²) in [4.78, 5) is 11.6. The lowest BCUT2D eigenvalue weighted by Gasteiger charge is -2.06. The fourth-order valence-electron chi connectivity index (χ4n) is 1.98. The van der Waals surface area contributed by atoms with Gasteiger partial charge in [0.1, 0.15) is 0 Å². The molecule has 0 bridgehead atoms. The van der Waals surface area contributed by atoms with Gasteiger partial charge in [0.15, 0.2) is 4.77 Å². The largest absolute Gasteiger partial charge is 0.330 e. The second-order valence-corrected chi connectivity index (χ2v) is 4.54. The van der Waals surface area contributed by atoms with Crippen LogP contribution in [0.25, 0.3) is 22.2 Å². The monoisotopic (exact) mass is 253 g/mol. The van der Waals surface area contributed by atoms with E-state index in [2.05, 4.69) is 33.2 Å². The van der Waals surface area contributed by atoms with Crippen LogP contribution in [-0.4, -0.2) is 15.0 Å². The Hall–Kier alpha value is -2.07. The van der Waals surface area contributed by atoms with Gasteiger partial charge in [-0.2, -0.15) is 0 Å². The number of hydrogen-bond donors (Lipinski definition) is 1. The molecule has 0 spiro atoms. The molecule has 1 N–H and O–H groups in total. The molecule has 18 heavy (non-hydrogen) atoms. The van der Waals surface area contributed by atoms with Crippen molar-refractivity contribution >= 4 is 23.1 Å². The van der Waals surface area contributed by atoms with Crippen molar-refractivity contribution in [2.24, 2.45) is 0 Å². The Morgan fingerprint density at radius 3 is 2.94 bits per heavy atom. The van der Waals surface area contributed by atoms with Crippen molar-refractivity contribution in [1.82, 2.24) is 15.0 Å². The summed E-state index contributed by atoms with van der Waals surface area (Å²) < 4.78 is 0.497. The van der Waals surface area contributed by atoms with Gasteiger partial charge in [-0.25, -0.2) is 4.98 Å². The molecular formula is C14H11N3S. The van der Waals surface area contributed by atoms with Crippen molar-refractivity contribution < 1.29 is 0 Å². The fraction of sp³-hybridized carbons (Fsp3) is 0.0714. The van der Waals surface area contributed by atoms with E-state index in [1.807, 2.05) is 19.1 Å². The molecule has 0 fully saturated rings. The summed E-state index contributed by atoms with van der Waals surface area (Å²) >= 11 is 5.07. The number of nitrogens with one attached hydrogen (secondary N) is 1. The Kier molecular flexibility index (Phi) is 2.64. The smallest absolute Gasteiger partial charge is 0.197 e. The number of aryl methyl sites for hydroxylation is 1. The van der Waals surface area contributed by atoms with E-state index in [-0.39, 0.29) is 0 Å². The third-order valence-electron chi connectivity index (χ3n) is 2.90. The molecule has 0 unspecified atom stereocenters. The third-order valence-corrected chi connectivity index (χ3v) is 3.10. The van der Waals surface area contributed by atoms with Crippen LogP contribution in [0.4, 0.5) is 0 Å². The fourth-order valence-corrected chi connectivity index (χ4v) is 2.13. The third kappa shape index (κ3) is 1.91.